The number of halogens is 1. The molecule has 4 rings (SSSR count). The molecule has 1 saturated heterocycles. The molecule has 0 saturated carbocycles. The van der Waals surface area contributed by atoms with Crippen LogP contribution in [0.15, 0.2) is 60.8 Å². The van der Waals surface area contributed by atoms with Crippen LogP contribution in [0.5, 0.6) is 5.75 Å². The Labute approximate surface area is 187 Å². The zero-order valence-electron chi connectivity index (χ0n) is 17.3. The van der Waals surface area contributed by atoms with Gasteiger partial charge in [-0.05, 0) is 50.7 Å². The van der Waals surface area contributed by atoms with Gasteiger partial charge in [0, 0.05) is 23.2 Å². The van der Waals surface area contributed by atoms with E-state index in [0.717, 1.165) is 18.5 Å². The molecular weight excluding hydrogens is 412 g/mol. The second-order valence-corrected chi connectivity index (χ2v) is 8.12. The van der Waals surface area contributed by atoms with E-state index in [9.17, 15) is 4.79 Å². The normalized spacial score (nSPS) is 16.3. The molecule has 2 heterocycles. The number of rotatable bonds is 6. The summed E-state index contributed by atoms with van der Waals surface area (Å²) in [5, 5.41) is 3.33. The fourth-order valence-corrected chi connectivity index (χ4v) is 3.94. The van der Waals surface area contributed by atoms with Crippen LogP contribution in [0.1, 0.15) is 23.2 Å². The van der Waals surface area contributed by atoms with Crippen molar-refractivity contribution in [1.29, 1.82) is 0 Å². The zero-order valence-corrected chi connectivity index (χ0v) is 18.1. The highest BCUT2D eigenvalue weighted by Crippen LogP contribution is 2.29. The van der Waals surface area contributed by atoms with Crippen LogP contribution in [0.25, 0.3) is 11.3 Å². The van der Waals surface area contributed by atoms with E-state index in [0.29, 0.717) is 46.1 Å². The third kappa shape index (κ3) is 4.98. The van der Waals surface area contributed by atoms with Crippen molar-refractivity contribution in [2.45, 2.75) is 18.9 Å². The van der Waals surface area contributed by atoms with E-state index in [1.807, 2.05) is 24.3 Å². The Hall–Kier alpha value is -3.09. The number of carbonyl (C=O) groups is 1. The molecule has 3 N–H and O–H groups in total. The lowest BCUT2D eigenvalue weighted by atomic mass is 10.1. The number of nitrogens with zero attached hydrogens (tertiary/aromatic N) is 2. The fraction of sp³-hybridized carbons (Fsp3) is 0.250. The SMILES string of the molecule is CN1CCC[C@H]1COc1cnc(-c2ccc(C(=O)Nc3ccccc3N)cc2)c(Cl)c1. The van der Waals surface area contributed by atoms with Gasteiger partial charge in [0.1, 0.15) is 12.4 Å². The van der Waals surface area contributed by atoms with Gasteiger partial charge in [-0.25, -0.2) is 0 Å². The molecule has 0 spiro atoms. The number of likely N-dealkylation sites (tertiary alicyclic amines) is 1. The first-order valence-corrected chi connectivity index (χ1v) is 10.6. The van der Waals surface area contributed by atoms with Gasteiger partial charge in [-0.2, -0.15) is 0 Å². The number of nitrogen functional groups attached to an aromatic ring is 1. The van der Waals surface area contributed by atoms with Crippen molar-refractivity contribution in [3.63, 3.8) is 0 Å². The molecule has 0 aliphatic carbocycles. The minimum atomic E-state index is -0.232. The Morgan fingerprint density at radius 2 is 2.03 bits per heavy atom. The summed E-state index contributed by atoms with van der Waals surface area (Å²) in [5.74, 6) is 0.426. The van der Waals surface area contributed by atoms with E-state index in [1.165, 1.54) is 6.42 Å². The van der Waals surface area contributed by atoms with E-state index >= 15 is 0 Å². The first kappa shape index (κ1) is 21.2. The van der Waals surface area contributed by atoms with Crippen LogP contribution in [0.3, 0.4) is 0 Å². The second kappa shape index (κ2) is 9.37. The molecule has 0 unspecified atom stereocenters. The van der Waals surface area contributed by atoms with Gasteiger partial charge < -0.3 is 20.7 Å². The first-order valence-electron chi connectivity index (χ1n) is 10.3. The molecule has 1 aliphatic rings. The maximum Gasteiger partial charge on any atom is 0.255 e. The molecule has 1 fully saturated rings. The number of nitrogens with one attached hydrogen (secondary N) is 1. The summed E-state index contributed by atoms with van der Waals surface area (Å²) in [7, 11) is 2.12. The van der Waals surface area contributed by atoms with Gasteiger partial charge in [-0.15, -0.1) is 0 Å². The van der Waals surface area contributed by atoms with Crippen LogP contribution in [0, 0.1) is 0 Å². The van der Waals surface area contributed by atoms with Gasteiger partial charge in [-0.3, -0.25) is 9.78 Å². The number of nitrogens with two attached hydrogens (primary N) is 1. The summed E-state index contributed by atoms with van der Waals surface area (Å²) in [4.78, 5) is 19.3. The number of ether oxygens (including phenoxy) is 1. The van der Waals surface area contributed by atoms with Gasteiger partial charge in [0.15, 0.2) is 0 Å². The van der Waals surface area contributed by atoms with Gasteiger partial charge in [0.2, 0.25) is 0 Å². The van der Waals surface area contributed by atoms with Crippen molar-refractivity contribution >= 4 is 28.9 Å². The van der Waals surface area contributed by atoms with Crippen LogP contribution >= 0.6 is 11.6 Å². The number of para-hydroxylation sites is 2. The van der Waals surface area contributed by atoms with Gasteiger partial charge in [0.05, 0.1) is 28.3 Å². The van der Waals surface area contributed by atoms with Gasteiger partial charge in [-0.1, -0.05) is 35.9 Å². The van der Waals surface area contributed by atoms with E-state index in [-0.39, 0.29) is 5.91 Å². The number of aromatic nitrogens is 1. The number of likely N-dealkylation sites (N-methyl/N-ethyl adjacent to an activating group) is 1. The maximum atomic E-state index is 12.5. The number of pyridine rings is 1. The lowest BCUT2D eigenvalue weighted by Gasteiger charge is -2.19. The van der Waals surface area contributed by atoms with E-state index in [1.54, 1.807) is 36.5 Å². The number of benzene rings is 2. The Morgan fingerprint density at radius 1 is 1.26 bits per heavy atom. The number of hydrogen-bond acceptors (Lipinski definition) is 5. The van der Waals surface area contributed by atoms with E-state index in [4.69, 9.17) is 22.1 Å². The molecule has 31 heavy (non-hydrogen) atoms. The molecule has 160 valence electrons. The minimum absolute atomic E-state index is 0.232. The molecule has 2 aromatic carbocycles. The van der Waals surface area contributed by atoms with Crippen molar-refractivity contribution in [3.05, 3.63) is 71.4 Å². The third-order valence-corrected chi connectivity index (χ3v) is 5.85. The highest BCUT2D eigenvalue weighted by atomic mass is 35.5. The summed E-state index contributed by atoms with van der Waals surface area (Å²) >= 11 is 6.47. The molecule has 0 bridgehead atoms. The summed E-state index contributed by atoms with van der Waals surface area (Å²) in [6, 6.07) is 16.5. The second-order valence-electron chi connectivity index (χ2n) is 7.71. The molecule has 1 aliphatic heterocycles. The smallest absolute Gasteiger partial charge is 0.255 e. The van der Waals surface area contributed by atoms with Crippen molar-refractivity contribution in [1.82, 2.24) is 9.88 Å². The first-order chi connectivity index (χ1) is 15.0. The van der Waals surface area contributed by atoms with Crippen LogP contribution in [-0.4, -0.2) is 42.0 Å². The van der Waals surface area contributed by atoms with Crippen molar-refractivity contribution in [2.24, 2.45) is 0 Å². The van der Waals surface area contributed by atoms with Crippen molar-refractivity contribution in [3.8, 4) is 17.0 Å². The van der Waals surface area contributed by atoms with Crippen LogP contribution in [-0.2, 0) is 0 Å². The molecule has 0 radical (unpaired) electrons. The summed E-state index contributed by atoms with van der Waals surface area (Å²) in [6.07, 6.45) is 4.04. The Morgan fingerprint density at radius 3 is 2.71 bits per heavy atom. The molecular formula is C24H25ClN4O2. The quantitative estimate of drug-likeness (QED) is 0.547. The number of amides is 1. The van der Waals surface area contributed by atoms with Crippen molar-refractivity contribution < 1.29 is 9.53 Å². The van der Waals surface area contributed by atoms with E-state index in [2.05, 4.69) is 22.2 Å². The van der Waals surface area contributed by atoms with Crippen LogP contribution in [0.4, 0.5) is 11.4 Å². The summed E-state index contributed by atoms with van der Waals surface area (Å²) in [5.41, 5.74) is 8.98. The summed E-state index contributed by atoms with van der Waals surface area (Å²) in [6.45, 7) is 1.74. The van der Waals surface area contributed by atoms with Crippen LogP contribution < -0.4 is 15.8 Å². The predicted octanol–water partition coefficient (Wildman–Crippen LogP) is 4.71. The molecule has 1 aromatic heterocycles. The monoisotopic (exact) mass is 436 g/mol. The standard InChI is InChI=1S/C24H25ClN4O2/c1-29-12-4-5-18(29)15-31-19-13-20(25)23(27-14-19)16-8-10-17(11-9-16)24(30)28-22-7-3-2-6-21(22)26/h2-3,6-11,13-14,18H,4-5,12,15,26H2,1H3,(H,28,30)/t18-/m0/s1. The lowest BCUT2D eigenvalue weighted by Crippen LogP contribution is -2.30. The van der Waals surface area contributed by atoms with Gasteiger partial charge in [0.25, 0.3) is 5.91 Å². The Kier molecular flexibility index (Phi) is 6.39. The predicted molar refractivity (Wildman–Crippen MR) is 125 cm³/mol. The molecule has 1 atom stereocenters. The molecule has 7 heteroatoms. The van der Waals surface area contributed by atoms with Crippen molar-refractivity contribution in [2.75, 3.05) is 31.2 Å². The minimum Gasteiger partial charge on any atom is -0.490 e. The average molecular weight is 437 g/mol. The Bertz CT molecular complexity index is 1070. The maximum absolute atomic E-state index is 12.5. The molecule has 6 nitrogen and oxygen atoms in total. The molecule has 3 aromatic rings. The zero-order chi connectivity index (χ0) is 21.8. The number of hydrogen-bond donors (Lipinski definition) is 2. The lowest BCUT2D eigenvalue weighted by molar-refractivity contribution is 0.102. The fourth-order valence-electron chi connectivity index (χ4n) is 3.68. The Balaban J connectivity index is 1.42. The number of carbonyl (C=O) groups excluding carboxylic acids is 1. The molecule has 1 amide bonds. The van der Waals surface area contributed by atoms with E-state index < -0.39 is 0 Å². The summed E-state index contributed by atoms with van der Waals surface area (Å²) < 4.78 is 5.90. The van der Waals surface area contributed by atoms with Gasteiger partial charge >= 0.3 is 0 Å². The van der Waals surface area contributed by atoms with Crippen LogP contribution in [0.2, 0.25) is 5.02 Å². The highest BCUT2D eigenvalue weighted by Gasteiger charge is 2.21. The average Bonchev–Trinajstić information content (AvgIpc) is 3.19. The largest absolute Gasteiger partial charge is 0.490 e. The number of anilines is 2. The third-order valence-electron chi connectivity index (χ3n) is 5.56. The highest BCUT2D eigenvalue weighted by molar-refractivity contribution is 6.33. The topological polar surface area (TPSA) is 80.5 Å².